The van der Waals surface area contributed by atoms with E-state index in [0.717, 1.165) is 31.8 Å². The largest absolute Gasteiger partial charge is 0.573 e. The topological polar surface area (TPSA) is 97.1 Å². The zero-order valence-electron chi connectivity index (χ0n) is 20.2. The first-order chi connectivity index (χ1) is 17.2. The van der Waals surface area contributed by atoms with Gasteiger partial charge in [-0.15, -0.1) is 13.2 Å². The zero-order chi connectivity index (χ0) is 26.0. The molecular formula is C24H31F3N4O5. The molecule has 0 saturated carbocycles. The van der Waals surface area contributed by atoms with E-state index in [0.29, 0.717) is 13.1 Å². The summed E-state index contributed by atoms with van der Waals surface area (Å²) >= 11 is 0. The molecule has 1 N–H and O–H groups in total. The summed E-state index contributed by atoms with van der Waals surface area (Å²) in [6, 6.07) is 4.68. The Morgan fingerprint density at radius 2 is 1.75 bits per heavy atom. The van der Waals surface area contributed by atoms with Crippen LogP contribution in [0.5, 0.6) is 11.5 Å². The first-order valence-corrected chi connectivity index (χ1v) is 11.9. The van der Waals surface area contributed by atoms with E-state index < -0.39 is 18.0 Å². The number of oxazole rings is 1. The van der Waals surface area contributed by atoms with Crippen LogP contribution in [0.2, 0.25) is 0 Å². The van der Waals surface area contributed by atoms with Crippen LogP contribution >= 0.6 is 0 Å². The van der Waals surface area contributed by atoms with Crippen molar-refractivity contribution >= 4 is 11.8 Å². The first kappa shape index (κ1) is 27.3. The minimum atomic E-state index is -4.78. The molecule has 2 amide bonds. The van der Waals surface area contributed by atoms with Gasteiger partial charge in [-0.25, -0.2) is 4.98 Å². The van der Waals surface area contributed by atoms with Gasteiger partial charge < -0.3 is 24.1 Å². The van der Waals surface area contributed by atoms with E-state index in [1.807, 2.05) is 0 Å². The summed E-state index contributed by atoms with van der Waals surface area (Å²) in [5.41, 5.74) is 0.188. The van der Waals surface area contributed by atoms with Gasteiger partial charge in [-0.3, -0.25) is 14.5 Å². The maximum absolute atomic E-state index is 12.7. The molecule has 0 radical (unpaired) electrons. The Labute approximate surface area is 207 Å². The van der Waals surface area contributed by atoms with Crippen LogP contribution < -0.4 is 14.8 Å². The quantitative estimate of drug-likeness (QED) is 0.434. The van der Waals surface area contributed by atoms with Crippen molar-refractivity contribution < 1.29 is 36.7 Å². The molecule has 12 heteroatoms. The number of unbranched alkanes of at least 4 members (excludes halogenated alkanes) is 3. The van der Waals surface area contributed by atoms with Crippen LogP contribution in [0.1, 0.15) is 49.0 Å². The average molecular weight is 513 g/mol. The van der Waals surface area contributed by atoms with Gasteiger partial charge in [0.25, 0.3) is 11.8 Å². The highest BCUT2D eigenvalue weighted by atomic mass is 19.4. The predicted molar refractivity (Wildman–Crippen MR) is 123 cm³/mol. The normalized spacial score (nSPS) is 14.5. The lowest BCUT2D eigenvalue weighted by Gasteiger charge is -2.34. The summed E-state index contributed by atoms with van der Waals surface area (Å²) in [7, 11) is 0. The van der Waals surface area contributed by atoms with Crippen LogP contribution in [0.3, 0.4) is 0 Å². The smallest absolute Gasteiger partial charge is 0.484 e. The van der Waals surface area contributed by atoms with E-state index in [-0.39, 0.29) is 36.4 Å². The fourth-order valence-electron chi connectivity index (χ4n) is 3.70. The van der Waals surface area contributed by atoms with Crippen molar-refractivity contribution in [2.45, 2.75) is 45.5 Å². The number of nitrogens with one attached hydrogen (secondary N) is 1. The fourth-order valence-corrected chi connectivity index (χ4v) is 3.70. The maximum Gasteiger partial charge on any atom is 0.573 e. The number of halogens is 3. The highest BCUT2D eigenvalue weighted by Crippen LogP contribution is 2.24. The Morgan fingerprint density at radius 3 is 2.42 bits per heavy atom. The molecule has 1 aromatic heterocycles. The lowest BCUT2D eigenvalue weighted by molar-refractivity contribution is -0.274. The van der Waals surface area contributed by atoms with Crippen molar-refractivity contribution in [3.05, 3.63) is 42.1 Å². The van der Waals surface area contributed by atoms with Gasteiger partial charge in [0.05, 0.1) is 6.54 Å². The van der Waals surface area contributed by atoms with Crippen LogP contribution in [0.4, 0.5) is 13.2 Å². The maximum atomic E-state index is 12.7. The van der Waals surface area contributed by atoms with E-state index in [2.05, 4.69) is 26.9 Å². The number of benzene rings is 1. The zero-order valence-corrected chi connectivity index (χ0v) is 20.2. The van der Waals surface area contributed by atoms with Crippen LogP contribution in [-0.2, 0) is 11.3 Å². The lowest BCUT2D eigenvalue weighted by Crippen LogP contribution is -2.48. The third-order valence-corrected chi connectivity index (χ3v) is 5.62. The van der Waals surface area contributed by atoms with Gasteiger partial charge in [0.2, 0.25) is 5.89 Å². The molecule has 0 atom stereocenters. The number of rotatable bonds is 12. The lowest BCUT2D eigenvalue weighted by atomic mass is 10.2. The number of carbonyl (C=O) groups excluding carboxylic acids is 2. The molecule has 3 rings (SSSR count). The number of amides is 2. The molecule has 0 unspecified atom stereocenters. The number of ether oxygens (including phenoxy) is 2. The molecule has 1 saturated heterocycles. The Bertz CT molecular complexity index is 973. The molecule has 1 aliphatic rings. The van der Waals surface area contributed by atoms with Crippen LogP contribution in [0.25, 0.3) is 0 Å². The molecular weight excluding hydrogens is 481 g/mol. The second kappa shape index (κ2) is 13.1. The number of hydrogen-bond acceptors (Lipinski definition) is 7. The van der Waals surface area contributed by atoms with Crippen LogP contribution in [0, 0.1) is 0 Å². The van der Waals surface area contributed by atoms with Crippen molar-refractivity contribution in [2.75, 3.05) is 39.3 Å². The summed E-state index contributed by atoms with van der Waals surface area (Å²) in [6.07, 6.45) is 1.36. The van der Waals surface area contributed by atoms with Gasteiger partial charge in [0, 0.05) is 26.2 Å². The van der Waals surface area contributed by atoms with E-state index in [9.17, 15) is 22.8 Å². The predicted octanol–water partition coefficient (Wildman–Crippen LogP) is 3.61. The number of piperazine rings is 1. The number of aromatic nitrogens is 1. The number of hydrogen-bond donors (Lipinski definition) is 1. The minimum absolute atomic E-state index is 0.0423. The van der Waals surface area contributed by atoms with Crippen molar-refractivity contribution in [1.29, 1.82) is 0 Å². The Kier molecular flexibility index (Phi) is 9.97. The minimum Gasteiger partial charge on any atom is -0.484 e. The van der Waals surface area contributed by atoms with E-state index in [1.54, 1.807) is 4.90 Å². The number of nitrogens with zero attached hydrogens (tertiary/aromatic N) is 3. The van der Waals surface area contributed by atoms with Crippen molar-refractivity contribution in [3.8, 4) is 11.5 Å². The fraction of sp³-hybridized carbons (Fsp3) is 0.542. The van der Waals surface area contributed by atoms with Gasteiger partial charge in [0.1, 0.15) is 17.8 Å². The SMILES string of the molecule is CCCCCCN1CCN(C(=O)c2coc(CNC(=O)COc3ccc(OC(F)(F)F)cc3)n2)CC1. The molecule has 1 aromatic carbocycles. The van der Waals surface area contributed by atoms with Gasteiger partial charge in [-0.1, -0.05) is 26.2 Å². The van der Waals surface area contributed by atoms with Crippen molar-refractivity contribution in [2.24, 2.45) is 0 Å². The van der Waals surface area contributed by atoms with E-state index in [1.165, 1.54) is 44.1 Å². The highest BCUT2D eigenvalue weighted by molar-refractivity contribution is 5.92. The molecule has 9 nitrogen and oxygen atoms in total. The summed E-state index contributed by atoms with van der Waals surface area (Å²) in [4.78, 5) is 33.0. The Morgan fingerprint density at radius 1 is 1.06 bits per heavy atom. The Balaban J connectivity index is 1.36. The first-order valence-electron chi connectivity index (χ1n) is 11.9. The molecule has 198 valence electrons. The van der Waals surface area contributed by atoms with Gasteiger partial charge in [-0.2, -0.15) is 0 Å². The summed E-state index contributed by atoms with van der Waals surface area (Å²) in [5.74, 6) is -0.715. The molecule has 1 fully saturated rings. The van der Waals surface area contributed by atoms with E-state index >= 15 is 0 Å². The summed E-state index contributed by atoms with van der Waals surface area (Å²) in [5, 5.41) is 2.55. The molecule has 0 bridgehead atoms. The summed E-state index contributed by atoms with van der Waals surface area (Å²) in [6.45, 7) is 5.76. The molecule has 1 aliphatic heterocycles. The third kappa shape index (κ3) is 9.06. The second-order valence-corrected chi connectivity index (χ2v) is 8.41. The Hall–Kier alpha value is -3.28. The summed E-state index contributed by atoms with van der Waals surface area (Å²) < 4.78 is 50.9. The molecule has 2 aromatic rings. The van der Waals surface area contributed by atoms with Gasteiger partial charge >= 0.3 is 6.36 Å². The molecule has 2 heterocycles. The van der Waals surface area contributed by atoms with E-state index in [4.69, 9.17) is 9.15 Å². The molecule has 0 aliphatic carbocycles. The van der Waals surface area contributed by atoms with Gasteiger partial charge in [0.15, 0.2) is 12.3 Å². The standard InChI is InChI=1S/C24H31F3N4O5/c1-2-3-4-5-10-30-11-13-31(14-12-30)23(33)20-16-35-22(29-20)15-28-21(32)17-34-18-6-8-19(9-7-18)36-24(25,26)27/h6-9,16H,2-5,10-15,17H2,1H3,(H,28,32). The molecule has 0 spiro atoms. The average Bonchev–Trinajstić information content (AvgIpc) is 3.33. The molecule has 36 heavy (non-hydrogen) atoms. The second-order valence-electron chi connectivity index (χ2n) is 8.41. The number of carbonyl (C=O) groups is 2. The van der Waals surface area contributed by atoms with Crippen LogP contribution in [-0.4, -0.2) is 72.3 Å². The van der Waals surface area contributed by atoms with Crippen LogP contribution in [0.15, 0.2) is 34.9 Å². The van der Waals surface area contributed by atoms with Crippen molar-refractivity contribution in [1.82, 2.24) is 20.1 Å². The van der Waals surface area contributed by atoms with Gasteiger partial charge in [-0.05, 0) is 37.2 Å². The van der Waals surface area contributed by atoms with Crippen molar-refractivity contribution in [3.63, 3.8) is 0 Å². The third-order valence-electron chi connectivity index (χ3n) is 5.62. The monoisotopic (exact) mass is 512 g/mol. The number of alkyl halides is 3. The highest BCUT2D eigenvalue weighted by Gasteiger charge is 2.31.